The number of benzene rings is 1. The lowest BCUT2D eigenvalue weighted by Gasteiger charge is -2.28. The molecule has 2 amide bonds. The molecule has 0 heterocycles. The maximum atomic E-state index is 13.4. The van der Waals surface area contributed by atoms with E-state index in [1.165, 1.54) is 0 Å². The zero-order valence-corrected chi connectivity index (χ0v) is 14.0. The Morgan fingerprint density at radius 3 is 2.56 bits per heavy atom. The first kappa shape index (κ1) is 17.6. The molecule has 0 unspecified atom stereocenters. The SMILES string of the molecule is C=CC(=O)Nc1cccc(C(=O)NCC2CCC3(CC2)CC3(F)F)c1. The summed E-state index contributed by atoms with van der Waals surface area (Å²) in [7, 11) is 0. The third-order valence-electron chi connectivity index (χ3n) is 5.40. The highest BCUT2D eigenvalue weighted by molar-refractivity contribution is 6.00. The van der Waals surface area contributed by atoms with E-state index in [-0.39, 0.29) is 24.2 Å². The maximum absolute atomic E-state index is 13.4. The van der Waals surface area contributed by atoms with Crippen molar-refractivity contribution in [1.82, 2.24) is 5.32 Å². The summed E-state index contributed by atoms with van der Waals surface area (Å²) in [6.45, 7) is 3.87. The van der Waals surface area contributed by atoms with Crippen LogP contribution in [0.3, 0.4) is 0 Å². The van der Waals surface area contributed by atoms with Gasteiger partial charge in [0, 0.05) is 29.6 Å². The second-order valence-electron chi connectivity index (χ2n) is 7.09. The van der Waals surface area contributed by atoms with Gasteiger partial charge < -0.3 is 10.6 Å². The molecule has 25 heavy (non-hydrogen) atoms. The number of carbonyl (C=O) groups is 2. The van der Waals surface area contributed by atoms with Gasteiger partial charge in [-0.25, -0.2) is 8.78 Å². The Balaban J connectivity index is 1.49. The predicted molar refractivity (Wildman–Crippen MR) is 91.6 cm³/mol. The number of hydrogen-bond acceptors (Lipinski definition) is 2. The lowest BCUT2D eigenvalue weighted by atomic mass is 9.79. The zero-order chi connectivity index (χ0) is 18.1. The molecule has 0 bridgehead atoms. The summed E-state index contributed by atoms with van der Waals surface area (Å²) >= 11 is 0. The van der Waals surface area contributed by atoms with Crippen molar-refractivity contribution in [1.29, 1.82) is 0 Å². The third kappa shape index (κ3) is 3.72. The van der Waals surface area contributed by atoms with Crippen molar-refractivity contribution < 1.29 is 18.4 Å². The van der Waals surface area contributed by atoms with Gasteiger partial charge in [-0.2, -0.15) is 0 Å². The first-order chi connectivity index (χ1) is 11.9. The molecule has 2 aliphatic carbocycles. The van der Waals surface area contributed by atoms with Crippen LogP contribution in [0.1, 0.15) is 42.5 Å². The number of carbonyl (C=O) groups excluding carboxylic acids is 2. The highest BCUT2D eigenvalue weighted by Gasteiger charge is 2.70. The highest BCUT2D eigenvalue weighted by Crippen LogP contribution is 2.67. The van der Waals surface area contributed by atoms with Crippen molar-refractivity contribution in [2.45, 2.75) is 38.0 Å². The van der Waals surface area contributed by atoms with E-state index in [4.69, 9.17) is 0 Å². The minimum absolute atomic E-state index is 0.0301. The molecule has 2 fully saturated rings. The smallest absolute Gasteiger partial charge is 0.254 e. The molecule has 2 aliphatic rings. The summed E-state index contributed by atoms with van der Waals surface area (Å²) in [5, 5.41) is 5.48. The molecule has 0 radical (unpaired) electrons. The maximum Gasteiger partial charge on any atom is 0.254 e. The van der Waals surface area contributed by atoms with Gasteiger partial charge in [-0.15, -0.1) is 0 Å². The molecule has 1 aromatic rings. The number of amides is 2. The fourth-order valence-corrected chi connectivity index (χ4v) is 3.63. The molecule has 134 valence electrons. The topological polar surface area (TPSA) is 58.2 Å². The number of nitrogens with one attached hydrogen (secondary N) is 2. The molecule has 1 aromatic carbocycles. The molecule has 6 heteroatoms. The summed E-state index contributed by atoms with van der Waals surface area (Å²) < 4.78 is 26.8. The Morgan fingerprint density at radius 2 is 1.96 bits per heavy atom. The lowest BCUT2D eigenvalue weighted by molar-refractivity contribution is -0.111. The minimum Gasteiger partial charge on any atom is -0.352 e. The van der Waals surface area contributed by atoms with Crippen LogP contribution in [0.5, 0.6) is 0 Å². The second kappa shape index (κ2) is 6.58. The molecule has 0 atom stereocenters. The van der Waals surface area contributed by atoms with E-state index in [0.29, 0.717) is 30.6 Å². The van der Waals surface area contributed by atoms with Gasteiger partial charge in [0.25, 0.3) is 11.8 Å². The van der Waals surface area contributed by atoms with Crippen LogP contribution in [0.4, 0.5) is 14.5 Å². The van der Waals surface area contributed by atoms with Gasteiger partial charge >= 0.3 is 0 Å². The fraction of sp³-hybridized carbons (Fsp3) is 0.474. The average molecular weight is 348 g/mol. The van der Waals surface area contributed by atoms with Crippen molar-refractivity contribution in [3.8, 4) is 0 Å². The quantitative estimate of drug-likeness (QED) is 0.796. The van der Waals surface area contributed by atoms with Crippen LogP contribution < -0.4 is 10.6 Å². The van der Waals surface area contributed by atoms with E-state index >= 15 is 0 Å². The van der Waals surface area contributed by atoms with Gasteiger partial charge in [-0.3, -0.25) is 9.59 Å². The molecular weight excluding hydrogens is 326 g/mol. The first-order valence-electron chi connectivity index (χ1n) is 8.55. The molecule has 3 rings (SSSR count). The van der Waals surface area contributed by atoms with E-state index in [9.17, 15) is 18.4 Å². The molecule has 0 aliphatic heterocycles. The second-order valence-corrected chi connectivity index (χ2v) is 7.09. The van der Waals surface area contributed by atoms with Gasteiger partial charge in [0.15, 0.2) is 0 Å². The summed E-state index contributed by atoms with van der Waals surface area (Å²) in [4.78, 5) is 23.6. The van der Waals surface area contributed by atoms with E-state index in [1.807, 2.05) is 0 Å². The van der Waals surface area contributed by atoms with Crippen LogP contribution in [-0.2, 0) is 4.79 Å². The summed E-state index contributed by atoms with van der Waals surface area (Å²) in [6.07, 6.45) is 3.73. The standard InChI is InChI=1S/C19H22F2N2O2/c1-2-16(24)23-15-5-3-4-14(10-15)17(25)22-11-13-6-8-18(9-7-13)12-19(18,20)21/h2-5,10,13H,1,6-9,11-12H2,(H,22,25)(H,23,24). The van der Waals surface area contributed by atoms with Crippen LogP contribution in [0.2, 0.25) is 0 Å². The Labute approximate surface area is 145 Å². The first-order valence-corrected chi connectivity index (χ1v) is 8.55. The van der Waals surface area contributed by atoms with Gasteiger partial charge in [0.1, 0.15) is 0 Å². The molecule has 0 saturated heterocycles. The number of alkyl halides is 2. The highest BCUT2D eigenvalue weighted by atomic mass is 19.3. The van der Waals surface area contributed by atoms with E-state index in [1.54, 1.807) is 24.3 Å². The van der Waals surface area contributed by atoms with E-state index in [0.717, 1.165) is 18.9 Å². The summed E-state index contributed by atoms with van der Waals surface area (Å²) in [6, 6.07) is 6.64. The largest absolute Gasteiger partial charge is 0.352 e. The average Bonchev–Trinajstić information content (AvgIpc) is 3.13. The van der Waals surface area contributed by atoms with E-state index in [2.05, 4.69) is 17.2 Å². The fourth-order valence-electron chi connectivity index (χ4n) is 3.63. The van der Waals surface area contributed by atoms with Crippen LogP contribution in [0.15, 0.2) is 36.9 Å². The molecular formula is C19H22F2N2O2. The van der Waals surface area contributed by atoms with Gasteiger partial charge in [-0.1, -0.05) is 12.6 Å². The number of rotatable bonds is 5. The van der Waals surface area contributed by atoms with Crippen LogP contribution in [0, 0.1) is 11.3 Å². The number of halogens is 2. The van der Waals surface area contributed by atoms with Crippen molar-refractivity contribution in [3.63, 3.8) is 0 Å². The Hall–Kier alpha value is -2.24. The minimum atomic E-state index is -2.47. The third-order valence-corrected chi connectivity index (χ3v) is 5.40. The lowest BCUT2D eigenvalue weighted by Crippen LogP contribution is -2.32. The normalized spacial score (nSPS) is 26.7. The monoisotopic (exact) mass is 348 g/mol. The summed E-state index contributed by atoms with van der Waals surface area (Å²) in [5.41, 5.74) is 0.224. The van der Waals surface area contributed by atoms with Gasteiger partial charge in [0.05, 0.1) is 0 Å². The van der Waals surface area contributed by atoms with Crippen LogP contribution in [-0.4, -0.2) is 24.3 Å². The van der Waals surface area contributed by atoms with Gasteiger partial charge in [-0.05, 0) is 55.9 Å². The van der Waals surface area contributed by atoms with Crippen molar-refractivity contribution in [2.75, 3.05) is 11.9 Å². The van der Waals surface area contributed by atoms with Crippen molar-refractivity contribution in [3.05, 3.63) is 42.5 Å². The molecule has 2 N–H and O–H groups in total. The summed E-state index contributed by atoms with van der Waals surface area (Å²) in [5.74, 6) is -2.80. The Bertz CT molecular complexity index is 694. The molecule has 4 nitrogen and oxygen atoms in total. The van der Waals surface area contributed by atoms with Crippen LogP contribution >= 0.6 is 0 Å². The van der Waals surface area contributed by atoms with Crippen LogP contribution in [0.25, 0.3) is 0 Å². The Kier molecular flexibility index (Phi) is 4.62. The van der Waals surface area contributed by atoms with Gasteiger partial charge in [0.2, 0.25) is 5.91 Å². The zero-order valence-electron chi connectivity index (χ0n) is 14.0. The number of hydrogen-bond donors (Lipinski definition) is 2. The molecule has 1 spiro atoms. The van der Waals surface area contributed by atoms with Crippen molar-refractivity contribution in [2.24, 2.45) is 11.3 Å². The van der Waals surface area contributed by atoms with E-state index < -0.39 is 11.3 Å². The predicted octanol–water partition coefficient (Wildman–Crippen LogP) is 3.76. The van der Waals surface area contributed by atoms with Crippen molar-refractivity contribution >= 4 is 17.5 Å². The molecule has 0 aromatic heterocycles. The Morgan fingerprint density at radius 1 is 1.28 bits per heavy atom. The number of anilines is 1. The molecule has 2 saturated carbocycles.